The number of hydrogen-bond donors (Lipinski definition) is 1. The first kappa shape index (κ1) is 13.9. The lowest BCUT2D eigenvalue weighted by molar-refractivity contribution is -0.133. The number of ether oxygens (including phenoxy) is 1. The number of nitrogens with zero attached hydrogens (tertiary/aromatic N) is 1. The van der Waals surface area contributed by atoms with Crippen LogP contribution in [0.4, 0.5) is 0 Å². The average Bonchev–Trinajstić information content (AvgIpc) is 2.90. The topological polar surface area (TPSA) is 41.6 Å². The van der Waals surface area contributed by atoms with Gasteiger partial charge in [-0.3, -0.25) is 4.79 Å². The van der Waals surface area contributed by atoms with E-state index >= 15 is 0 Å². The van der Waals surface area contributed by atoms with Crippen LogP contribution in [0.3, 0.4) is 0 Å². The predicted molar refractivity (Wildman–Crippen MR) is 75.5 cm³/mol. The molecule has 1 aliphatic heterocycles. The molecule has 1 aromatic carbocycles. The van der Waals surface area contributed by atoms with E-state index in [9.17, 15) is 4.79 Å². The maximum Gasteiger partial charge on any atom is 0.260 e. The van der Waals surface area contributed by atoms with Gasteiger partial charge in [-0.25, -0.2) is 0 Å². The molecule has 1 aromatic rings. The first-order chi connectivity index (χ1) is 9.08. The van der Waals surface area contributed by atoms with E-state index < -0.39 is 0 Å². The van der Waals surface area contributed by atoms with Gasteiger partial charge in [0, 0.05) is 19.6 Å². The van der Waals surface area contributed by atoms with Gasteiger partial charge in [0.15, 0.2) is 6.61 Å². The van der Waals surface area contributed by atoms with Gasteiger partial charge in [0.1, 0.15) is 5.75 Å². The predicted octanol–water partition coefficient (Wildman–Crippen LogP) is 1.50. The quantitative estimate of drug-likeness (QED) is 0.894. The van der Waals surface area contributed by atoms with Gasteiger partial charge in [0.05, 0.1) is 0 Å². The lowest BCUT2D eigenvalue weighted by atomic mass is 10.1. The van der Waals surface area contributed by atoms with Crippen molar-refractivity contribution >= 4 is 5.91 Å². The van der Waals surface area contributed by atoms with Crippen molar-refractivity contribution in [2.24, 2.45) is 0 Å². The number of nitrogens with one attached hydrogen (secondary N) is 1. The number of hydrogen-bond acceptors (Lipinski definition) is 3. The molecule has 1 fully saturated rings. The molecule has 4 heteroatoms. The van der Waals surface area contributed by atoms with E-state index in [1.54, 1.807) is 4.90 Å². The van der Waals surface area contributed by atoms with E-state index in [1.165, 1.54) is 5.56 Å². The second-order valence-corrected chi connectivity index (χ2v) is 5.21. The molecule has 19 heavy (non-hydrogen) atoms. The van der Waals surface area contributed by atoms with Gasteiger partial charge in [-0.2, -0.15) is 0 Å². The average molecular weight is 262 g/mol. The Hall–Kier alpha value is -1.55. The zero-order valence-corrected chi connectivity index (χ0v) is 11.9. The number of likely N-dealkylation sites (N-methyl/N-ethyl adjacent to an activating group) is 1. The molecule has 0 aromatic heterocycles. The third-order valence-corrected chi connectivity index (χ3v) is 3.66. The van der Waals surface area contributed by atoms with Crippen molar-refractivity contribution < 1.29 is 9.53 Å². The molecule has 0 spiro atoms. The van der Waals surface area contributed by atoms with E-state index in [0.29, 0.717) is 6.04 Å². The number of rotatable bonds is 4. The summed E-state index contributed by atoms with van der Waals surface area (Å²) in [7, 11) is 1.85. The molecule has 0 bridgehead atoms. The Morgan fingerprint density at radius 3 is 2.89 bits per heavy atom. The van der Waals surface area contributed by atoms with Gasteiger partial charge in [0.2, 0.25) is 0 Å². The SMILES string of the molecule is Cc1ccc(OCC(=O)N(C)[C@@H]2CCNC2)c(C)c1. The van der Waals surface area contributed by atoms with Crippen molar-refractivity contribution in [3.8, 4) is 5.75 Å². The summed E-state index contributed by atoms with van der Waals surface area (Å²) in [6.07, 6.45) is 1.02. The van der Waals surface area contributed by atoms with Crippen molar-refractivity contribution in [3.05, 3.63) is 29.3 Å². The molecule has 104 valence electrons. The van der Waals surface area contributed by atoms with Gasteiger partial charge in [0.25, 0.3) is 5.91 Å². The molecule has 1 saturated heterocycles. The maximum atomic E-state index is 12.1. The van der Waals surface area contributed by atoms with Gasteiger partial charge in [-0.05, 0) is 38.4 Å². The van der Waals surface area contributed by atoms with Crippen LogP contribution in [0.2, 0.25) is 0 Å². The summed E-state index contributed by atoms with van der Waals surface area (Å²) in [5.41, 5.74) is 2.27. The van der Waals surface area contributed by atoms with Crippen LogP contribution in [0.15, 0.2) is 18.2 Å². The van der Waals surface area contributed by atoms with Crippen molar-refractivity contribution in [2.45, 2.75) is 26.3 Å². The maximum absolute atomic E-state index is 12.1. The fourth-order valence-corrected chi connectivity index (χ4v) is 2.38. The Morgan fingerprint density at radius 2 is 2.26 bits per heavy atom. The molecule has 1 heterocycles. The normalized spacial score (nSPS) is 18.4. The summed E-state index contributed by atoms with van der Waals surface area (Å²) in [5.74, 6) is 0.825. The molecular weight excluding hydrogens is 240 g/mol. The minimum absolute atomic E-state index is 0.0358. The molecule has 0 saturated carbocycles. The van der Waals surface area contributed by atoms with Crippen molar-refractivity contribution in [1.29, 1.82) is 0 Å². The largest absolute Gasteiger partial charge is 0.484 e. The summed E-state index contributed by atoms with van der Waals surface area (Å²) >= 11 is 0. The number of aryl methyl sites for hydroxylation is 2. The third-order valence-electron chi connectivity index (χ3n) is 3.66. The van der Waals surface area contributed by atoms with Crippen LogP contribution in [0.1, 0.15) is 17.5 Å². The third kappa shape index (κ3) is 3.47. The number of amides is 1. The highest BCUT2D eigenvalue weighted by atomic mass is 16.5. The van der Waals surface area contributed by atoms with Crippen LogP contribution in [-0.4, -0.2) is 43.6 Å². The first-order valence-corrected chi connectivity index (χ1v) is 6.74. The molecule has 4 nitrogen and oxygen atoms in total. The molecule has 0 unspecified atom stereocenters. The highest BCUT2D eigenvalue weighted by Gasteiger charge is 2.23. The van der Waals surface area contributed by atoms with Gasteiger partial charge >= 0.3 is 0 Å². The Morgan fingerprint density at radius 1 is 1.47 bits per heavy atom. The van der Waals surface area contributed by atoms with E-state index in [1.807, 2.05) is 33.0 Å². The zero-order valence-electron chi connectivity index (χ0n) is 11.9. The summed E-state index contributed by atoms with van der Waals surface area (Å²) in [4.78, 5) is 13.8. The molecule has 0 radical (unpaired) electrons. The van der Waals surface area contributed by atoms with Gasteiger partial charge < -0.3 is 15.0 Å². The summed E-state index contributed by atoms with van der Waals surface area (Å²) in [6.45, 7) is 6.02. The minimum atomic E-state index is 0.0358. The molecular formula is C15H22N2O2. The van der Waals surface area contributed by atoms with Crippen LogP contribution < -0.4 is 10.1 Å². The molecule has 2 rings (SSSR count). The number of carbonyl (C=O) groups is 1. The highest BCUT2D eigenvalue weighted by Crippen LogP contribution is 2.18. The van der Waals surface area contributed by atoms with E-state index in [4.69, 9.17) is 4.74 Å². The Bertz CT molecular complexity index is 453. The fourth-order valence-electron chi connectivity index (χ4n) is 2.38. The minimum Gasteiger partial charge on any atom is -0.484 e. The lowest BCUT2D eigenvalue weighted by Crippen LogP contribution is -2.40. The fraction of sp³-hybridized carbons (Fsp3) is 0.533. The summed E-state index contributed by atoms with van der Waals surface area (Å²) in [6, 6.07) is 6.28. The summed E-state index contributed by atoms with van der Waals surface area (Å²) < 4.78 is 5.62. The van der Waals surface area contributed by atoms with Gasteiger partial charge in [-0.15, -0.1) is 0 Å². The van der Waals surface area contributed by atoms with E-state index in [2.05, 4.69) is 11.4 Å². The number of carbonyl (C=O) groups excluding carboxylic acids is 1. The van der Waals surface area contributed by atoms with E-state index in [0.717, 1.165) is 30.8 Å². The van der Waals surface area contributed by atoms with Crippen LogP contribution in [0.25, 0.3) is 0 Å². The van der Waals surface area contributed by atoms with Crippen LogP contribution in [0.5, 0.6) is 5.75 Å². The molecule has 1 N–H and O–H groups in total. The second-order valence-electron chi connectivity index (χ2n) is 5.21. The molecule has 1 atom stereocenters. The number of benzene rings is 1. The second kappa shape index (κ2) is 6.06. The first-order valence-electron chi connectivity index (χ1n) is 6.74. The van der Waals surface area contributed by atoms with Gasteiger partial charge in [-0.1, -0.05) is 17.7 Å². The Labute approximate surface area is 114 Å². The van der Waals surface area contributed by atoms with Crippen molar-refractivity contribution in [2.75, 3.05) is 26.7 Å². The van der Waals surface area contributed by atoms with Crippen molar-refractivity contribution in [1.82, 2.24) is 10.2 Å². The standard InChI is InChI=1S/C15H22N2O2/c1-11-4-5-14(12(2)8-11)19-10-15(18)17(3)13-6-7-16-9-13/h4-5,8,13,16H,6-7,9-10H2,1-3H3/t13-/m1/s1. The molecule has 1 amide bonds. The van der Waals surface area contributed by atoms with Crippen LogP contribution in [-0.2, 0) is 4.79 Å². The zero-order chi connectivity index (χ0) is 13.8. The van der Waals surface area contributed by atoms with Crippen LogP contribution >= 0.6 is 0 Å². The lowest BCUT2D eigenvalue weighted by Gasteiger charge is -2.23. The smallest absolute Gasteiger partial charge is 0.260 e. The molecule has 1 aliphatic rings. The summed E-state index contributed by atoms with van der Waals surface area (Å²) in [5, 5.41) is 3.26. The Kier molecular flexibility index (Phi) is 4.43. The monoisotopic (exact) mass is 262 g/mol. The van der Waals surface area contributed by atoms with Crippen LogP contribution in [0, 0.1) is 13.8 Å². The van der Waals surface area contributed by atoms with E-state index in [-0.39, 0.29) is 12.5 Å². The highest BCUT2D eigenvalue weighted by molar-refractivity contribution is 5.78. The van der Waals surface area contributed by atoms with Crippen molar-refractivity contribution in [3.63, 3.8) is 0 Å². The Balaban J connectivity index is 1.89. The molecule has 0 aliphatic carbocycles.